The maximum absolute atomic E-state index is 3.79. The Hall–Kier alpha value is -1.60. The molecule has 3 rings (SSSR count). The molecular formula is C20H25N. The van der Waals surface area contributed by atoms with Gasteiger partial charge in [0.15, 0.2) is 0 Å². The molecule has 1 aliphatic rings. The van der Waals surface area contributed by atoms with Crippen LogP contribution in [0.4, 0.5) is 0 Å². The first-order valence-electron chi connectivity index (χ1n) is 8.09. The molecule has 3 atom stereocenters. The highest BCUT2D eigenvalue weighted by molar-refractivity contribution is 5.28. The van der Waals surface area contributed by atoms with E-state index in [2.05, 4.69) is 73.8 Å². The molecule has 1 saturated carbocycles. The Labute approximate surface area is 128 Å². The van der Waals surface area contributed by atoms with E-state index < -0.39 is 0 Å². The molecule has 1 aliphatic carbocycles. The van der Waals surface area contributed by atoms with Gasteiger partial charge in [0.25, 0.3) is 0 Å². The first-order valence-corrected chi connectivity index (χ1v) is 8.09. The van der Waals surface area contributed by atoms with Crippen LogP contribution in [-0.4, -0.2) is 12.1 Å². The summed E-state index contributed by atoms with van der Waals surface area (Å²) >= 11 is 0. The summed E-state index contributed by atoms with van der Waals surface area (Å²) < 4.78 is 0. The second-order valence-electron chi connectivity index (χ2n) is 6.45. The van der Waals surface area contributed by atoms with Gasteiger partial charge in [0.1, 0.15) is 0 Å². The molecule has 0 amide bonds. The lowest BCUT2D eigenvalue weighted by Crippen LogP contribution is -2.29. The van der Waals surface area contributed by atoms with Crippen molar-refractivity contribution in [1.82, 2.24) is 5.32 Å². The summed E-state index contributed by atoms with van der Waals surface area (Å²) in [5.41, 5.74) is 4.30. The minimum absolute atomic E-state index is 0.587. The predicted octanol–water partition coefficient (Wildman–Crippen LogP) is 4.46. The summed E-state index contributed by atoms with van der Waals surface area (Å²) in [6.45, 7) is 4.48. The van der Waals surface area contributed by atoms with Gasteiger partial charge in [-0.15, -0.1) is 0 Å². The fourth-order valence-corrected chi connectivity index (χ4v) is 3.15. The molecule has 3 unspecified atom stereocenters. The Morgan fingerprint density at radius 3 is 2.67 bits per heavy atom. The molecule has 1 nitrogen and oxygen atoms in total. The molecule has 110 valence electrons. The lowest BCUT2D eigenvalue weighted by molar-refractivity contribution is 0.506. The molecule has 0 bridgehead atoms. The standard InChI is InChI=1S/C20H25N/c1-15-7-6-8-17(13-15)12-11-16(2)21-20-14-19(20)18-9-4-3-5-10-18/h3-10,13,16,19-21H,11-12,14H2,1-2H3. The van der Waals surface area contributed by atoms with Crippen LogP contribution in [-0.2, 0) is 6.42 Å². The Morgan fingerprint density at radius 1 is 1.10 bits per heavy atom. The van der Waals surface area contributed by atoms with E-state index in [9.17, 15) is 0 Å². The number of hydrogen-bond acceptors (Lipinski definition) is 1. The number of rotatable bonds is 6. The van der Waals surface area contributed by atoms with Gasteiger partial charge in [-0.1, -0.05) is 60.2 Å². The SMILES string of the molecule is Cc1cccc(CCC(C)NC2CC2c2ccccc2)c1. The molecule has 1 N–H and O–H groups in total. The third kappa shape index (κ3) is 3.95. The molecule has 2 aromatic carbocycles. The van der Waals surface area contributed by atoms with E-state index in [1.165, 1.54) is 36.0 Å². The molecule has 2 aromatic rings. The second-order valence-corrected chi connectivity index (χ2v) is 6.45. The summed E-state index contributed by atoms with van der Waals surface area (Å²) in [7, 11) is 0. The first kappa shape index (κ1) is 14.3. The minimum atomic E-state index is 0.587. The highest BCUT2D eigenvalue weighted by Gasteiger charge is 2.38. The van der Waals surface area contributed by atoms with E-state index in [0.717, 1.165) is 5.92 Å². The van der Waals surface area contributed by atoms with Crippen LogP contribution < -0.4 is 5.32 Å². The minimum Gasteiger partial charge on any atom is -0.311 e. The van der Waals surface area contributed by atoms with Crippen molar-refractivity contribution in [3.63, 3.8) is 0 Å². The lowest BCUT2D eigenvalue weighted by atomic mass is 10.0. The van der Waals surface area contributed by atoms with Gasteiger partial charge >= 0.3 is 0 Å². The van der Waals surface area contributed by atoms with Gasteiger partial charge in [-0.05, 0) is 44.2 Å². The van der Waals surface area contributed by atoms with Crippen molar-refractivity contribution in [2.24, 2.45) is 0 Å². The van der Waals surface area contributed by atoms with Gasteiger partial charge in [0, 0.05) is 18.0 Å². The average Bonchev–Trinajstić information content (AvgIpc) is 3.25. The summed E-state index contributed by atoms with van der Waals surface area (Å²) in [6.07, 6.45) is 3.67. The molecule has 0 spiro atoms. The van der Waals surface area contributed by atoms with Crippen molar-refractivity contribution < 1.29 is 0 Å². The monoisotopic (exact) mass is 279 g/mol. The molecule has 0 radical (unpaired) electrons. The molecular weight excluding hydrogens is 254 g/mol. The molecule has 0 saturated heterocycles. The lowest BCUT2D eigenvalue weighted by Gasteiger charge is -2.14. The van der Waals surface area contributed by atoms with Crippen LogP contribution in [0.1, 0.15) is 42.4 Å². The van der Waals surface area contributed by atoms with E-state index in [-0.39, 0.29) is 0 Å². The largest absolute Gasteiger partial charge is 0.311 e. The highest BCUT2D eigenvalue weighted by atomic mass is 15.0. The number of hydrogen-bond donors (Lipinski definition) is 1. The number of nitrogens with one attached hydrogen (secondary N) is 1. The Kier molecular flexibility index (Phi) is 4.40. The van der Waals surface area contributed by atoms with E-state index in [4.69, 9.17) is 0 Å². The van der Waals surface area contributed by atoms with Crippen molar-refractivity contribution >= 4 is 0 Å². The zero-order chi connectivity index (χ0) is 14.7. The van der Waals surface area contributed by atoms with Crippen molar-refractivity contribution in [3.05, 3.63) is 71.3 Å². The van der Waals surface area contributed by atoms with Gasteiger partial charge < -0.3 is 5.32 Å². The van der Waals surface area contributed by atoms with Gasteiger partial charge in [0.2, 0.25) is 0 Å². The molecule has 21 heavy (non-hydrogen) atoms. The number of aryl methyl sites for hydroxylation is 2. The normalized spacial score (nSPS) is 22.0. The van der Waals surface area contributed by atoms with E-state index in [1.807, 2.05) is 0 Å². The van der Waals surface area contributed by atoms with Crippen molar-refractivity contribution in [3.8, 4) is 0 Å². The van der Waals surface area contributed by atoms with Gasteiger partial charge in [-0.25, -0.2) is 0 Å². The predicted molar refractivity (Wildman–Crippen MR) is 89.7 cm³/mol. The first-order chi connectivity index (χ1) is 10.2. The topological polar surface area (TPSA) is 12.0 Å². The summed E-state index contributed by atoms with van der Waals surface area (Å²) in [5, 5.41) is 3.79. The van der Waals surface area contributed by atoms with Crippen LogP contribution in [0.2, 0.25) is 0 Å². The van der Waals surface area contributed by atoms with Crippen molar-refractivity contribution in [1.29, 1.82) is 0 Å². The van der Waals surface area contributed by atoms with Crippen LogP contribution in [0.15, 0.2) is 54.6 Å². The van der Waals surface area contributed by atoms with Crippen molar-refractivity contribution in [2.45, 2.75) is 51.1 Å². The zero-order valence-electron chi connectivity index (χ0n) is 13.0. The summed E-state index contributed by atoms with van der Waals surface area (Å²) in [6, 6.07) is 21.0. The average molecular weight is 279 g/mol. The molecule has 0 heterocycles. The smallest absolute Gasteiger partial charge is 0.0145 e. The maximum Gasteiger partial charge on any atom is 0.0145 e. The Balaban J connectivity index is 1.44. The third-order valence-electron chi connectivity index (χ3n) is 4.47. The van der Waals surface area contributed by atoms with Crippen LogP contribution in [0.5, 0.6) is 0 Å². The van der Waals surface area contributed by atoms with Gasteiger partial charge in [-0.2, -0.15) is 0 Å². The van der Waals surface area contributed by atoms with Crippen LogP contribution in [0.3, 0.4) is 0 Å². The fourth-order valence-electron chi connectivity index (χ4n) is 3.15. The second kappa shape index (κ2) is 6.44. The maximum atomic E-state index is 3.79. The molecule has 0 aromatic heterocycles. The summed E-state index contributed by atoms with van der Waals surface area (Å²) in [4.78, 5) is 0. The van der Waals surface area contributed by atoms with Gasteiger partial charge in [-0.3, -0.25) is 0 Å². The molecule has 1 fully saturated rings. The Bertz CT molecular complexity index is 575. The zero-order valence-corrected chi connectivity index (χ0v) is 13.0. The van der Waals surface area contributed by atoms with E-state index in [0.29, 0.717) is 12.1 Å². The number of benzene rings is 2. The van der Waals surface area contributed by atoms with Gasteiger partial charge in [0.05, 0.1) is 0 Å². The Morgan fingerprint density at radius 2 is 1.90 bits per heavy atom. The highest BCUT2D eigenvalue weighted by Crippen LogP contribution is 2.40. The van der Waals surface area contributed by atoms with Crippen molar-refractivity contribution in [2.75, 3.05) is 0 Å². The van der Waals surface area contributed by atoms with Crippen LogP contribution >= 0.6 is 0 Å². The van der Waals surface area contributed by atoms with Crippen LogP contribution in [0.25, 0.3) is 0 Å². The third-order valence-corrected chi connectivity index (χ3v) is 4.47. The van der Waals surface area contributed by atoms with Crippen LogP contribution in [0, 0.1) is 6.92 Å². The molecule has 1 heteroatoms. The van der Waals surface area contributed by atoms with E-state index in [1.54, 1.807) is 0 Å². The quantitative estimate of drug-likeness (QED) is 0.823. The molecule has 0 aliphatic heterocycles. The van der Waals surface area contributed by atoms with E-state index >= 15 is 0 Å². The fraction of sp³-hybridized carbons (Fsp3) is 0.400. The summed E-state index contributed by atoms with van der Waals surface area (Å²) in [5.74, 6) is 0.729.